The molecule has 0 aromatic carbocycles. The summed E-state index contributed by atoms with van der Waals surface area (Å²) in [5.41, 5.74) is -10.2. The van der Waals surface area contributed by atoms with E-state index in [9.17, 15) is 53.1 Å². The van der Waals surface area contributed by atoms with Gasteiger partial charge in [-0.05, 0) is 13.3 Å². The molecule has 1 N–H and O–H groups in total. The van der Waals surface area contributed by atoms with Gasteiger partial charge in [0.05, 0.1) is 0 Å². The Morgan fingerprint density at radius 3 is 1.50 bits per heavy atom. The van der Waals surface area contributed by atoms with Crippen LogP contribution in [0.3, 0.4) is 0 Å². The van der Waals surface area contributed by atoms with Gasteiger partial charge in [-0.3, -0.25) is 4.79 Å². The average Bonchev–Trinajstić information content (AvgIpc) is 2.33. The van der Waals surface area contributed by atoms with Crippen LogP contribution in [0.4, 0.5) is 48.3 Å². The van der Waals surface area contributed by atoms with Gasteiger partial charge in [-0.1, -0.05) is 6.92 Å². The minimum atomic E-state index is -6.78. The van der Waals surface area contributed by atoms with Gasteiger partial charge in [-0.25, -0.2) is 4.39 Å². The van der Waals surface area contributed by atoms with Crippen molar-refractivity contribution >= 4 is 6.04 Å². The van der Waals surface area contributed by atoms with Crippen molar-refractivity contribution in [2.24, 2.45) is 0 Å². The first-order valence-electron chi connectivity index (χ1n) is 5.73. The van der Waals surface area contributed by atoms with Gasteiger partial charge in [0.25, 0.3) is 0 Å². The molecule has 0 aliphatic carbocycles. The van der Waals surface area contributed by atoms with Crippen molar-refractivity contribution in [2.45, 2.75) is 55.9 Å². The van der Waals surface area contributed by atoms with Crippen LogP contribution in [0, 0.1) is 0 Å². The quantitative estimate of drug-likeness (QED) is 0.559. The van der Waals surface area contributed by atoms with Crippen LogP contribution in [0.5, 0.6) is 0 Å². The largest absolute Gasteiger partial charge is 0.457 e. The molecular weight excluding hydrogens is 377 g/mol. The van der Waals surface area contributed by atoms with E-state index in [0.29, 0.717) is 6.92 Å². The van der Waals surface area contributed by atoms with Gasteiger partial charge in [0, 0.05) is 0 Å². The number of carbonyl (C=O) groups is 1. The summed E-state index contributed by atoms with van der Waals surface area (Å²) in [5, 5.41) is 8.20. The van der Waals surface area contributed by atoms with E-state index in [-0.39, 0.29) is 6.92 Å². The van der Waals surface area contributed by atoms with Crippen LogP contribution in [-0.2, 0) is 9.53 Å². The highest BCUT2D eigenvalue weighted by atomic mass is 19.4. The molecule has 0 radical (unpaired) electrons. The lowest BCUT2D eigenvalue weighted by molar-refractivity contribution is -0.473. The predicted molar refractivity (Wildman–Crippen MR) is 52.8 cm³/mol. The van der Waals surface area contributed by atoms with Crippen LogP contribution in [0.25, 0.3) is 0 Å². The zero-order chi connectivity index (χ0) is 20.0. The van der Waals surface area contributed by atoms with Crippen molar-refractivity contribution in [3.8, 4) is 0 Å². The third kappa shape index (κ3) is 3.30. The van der Waals surface area contributed by atoms with Gasteiger partial charge in [0.2, 0.25) is 0 Å². The normalized spacial score (nSPS) is 21.6. The third-order valence-electron chi connectivity index (χ3n) is 3.18. The van der Waals surface area contributed by atoms with E-state index in [1.165, 1.54) is 0 Å². The molecule has 3 nitrogen and oxygen atoms in total. The first kappa shape index (κ1) is 22.8. The molecule has 3 atom stereocenters. The van der Waals surface area contributed by atoms with Crippen molar-refractivity contribution < 1.29 is 62.9 Å². The minimum absolute atomic E-state index is 0.335. The number of halogens is 11. The van der Waals surface area contributed by atoms with Crippen LogP contribution in [-0.4, -0.2) is 46.7 Å². The van der Waals surface area contributed by atoms with Crippen molar-refractivity contribution in [1.29, 1.82) is 0 Å². The van der Waals surface area contributed by atoms with E-state index < -0.39 is 48.0 Å². The molecule has 0 aromatic rings. The molecule has 0 amide bonds. The Balaban J connectivity index is 6.24. The number of aliphatic hydroxyl groups is 1. The van der Waals surface area contributed by atoms with E-state index in [1.54, 1.807) is 0 Å². The molecule has 0 saturated carbocycles. The highest BCUT2D eigenvalue weighted by Crippen LogP contribution is 2.52. The van der Waals surface area contributed by atoms with Crippen molar-refractivity contribution in [3.63, 3.8) is 0 Å². The zero-order valence-electron chi connectivity index (χ0n) is 11.6. The fraction of sp³-hybridized carbons (Fsp3) is 0.900. The first-order valence-corrected chi connectivity index (χ1v) is 5.73. The highest BCUT2D eigenvalue weighted by Gasteiger charge is 2.79. The van der Waals surface area contributed by atoms with E-state index in [2.05, 4.69) is 4.74 Å². The number of ether oxygens (including phenoxy) is 1. The monoisotopic (exact) mass is 386 g/mol. The molecule has 0 fully saturated rings. The van der Waals surface area contributed by atoms with Gasteiger partial charge in [0.15, 0.2) is 0 Å². The van der Waals surface area contributed by atoms with Crippen LogP contribution >= 0.6 is 0 Å². The molecule has 0 aromatic heterocycles. The van der Waals surface area contributed by atoms with Gasteiger partial charge in [-0.2, -0.15) is 43.9 Å². The highest BCUT2D eigenvalue weighted by molar-refractivity contribution is 5.81. The molecule has 24 heavy (non-hydrogen) atoms. The molecule has 0 saturated heterocycles. The smallest absolute Gasteiger partial charge is 0.348 e. The summed E-state index contributed by atoms with van der Waals surface area (Å²) in [6.45, 7) is 0.0717. The molecule has 0 heterocycles. The van der Waals surface area contributed by atoms with E-state index >= 15 is 0 Å². The molecule has 0 spiro atoms. The molecular formula is C10H9F11O3. The van der Waals surface area contributed by atoms with Crippen LogP contribution < -0.4 is 0 Å². The maximum absolute atomic E-state index is 13.9. The van der Waals surface area contributed by atoms with Crippen LogP contribution in [0.1, 0.15) is 20.3 Å². The second-order valence-corrected chi connectivity index (χ2v) is 4.75. The summed E-state index contributed by atoms with van der Waals surface area (Å²) in [7, 11) is 0. The lowest BCUT2D eigenvalue weighted by Gasteiger charge is -2.43. The molecule has 3 unspecified atom stereocenters. The third-order valence-corrected chi connectivity index (χ3v) is 3.18. The van der Waals surface area contributed by atoms with E-state index in [0.717, 1.165) is 0 Å². The Bertz CT molecular complexity index is 483. The lowest BCUT2D eigenvalue weighted by atomic mass is 9.83. The molecule has 0 aliphatic rings. The van der Waals surface area contributed by atoms with Gasteiger partial charge in [-0.15, -0.1) is 0 Å². The number of hydrogen-bond acceptors (Lipinski definition) is 3. The Hall–Kier alpha value is -1.18. The minimum Gasteiger partial charge on any atom is -0.348 e. The van der Waals surface area contributed by atoms with Gasteiger partial charge < -0.3 is 9.84 Å². The molecule has 14 heteroatoms. The summed E-state index contributed by atoms with van der Waals surface area (Å²) in [5.74, 6) is -6.55. The van der Waals surface area contributed by atoms with Crippen molar-refractivity contribution in [2.75, 3.05) is 0 Å². The van der Waals surface area contributed by atoms with Crippen LogP contribution in [0.15, 0.2) is 0 Å². The zero-order valence-corrected chi connectivity index (χ0v) is 11.6. The molecule has 144 valence electrons. The molecule has 0 bridgehead atoms. The lowest BCUT2D eigenvalue weighted by Crippen LogP contribution is -2.68. The van der Waals surface area contributed by atoms with Crippen molar-refractivity contribution in [1.82, 2.24) is 0 Å². The van der Waals surface area contributed by atoms with E-state index in [1.807, 2.05) is 0 Å². The molecule has 0 aliphatic heterocycles. The fourth-order valence-corrected chi connectivity index (χ4v) is 1.52. The summed E-state index contributed by atoms with van der Waals surface area (Å²) >= 11 is 0. The summed E-state index contributed by atoms with van der Waals surface area (Å²) in [4.78, 5) is 10.4. The topological polar surface area (TPSA) is 46.5 Å². The maximum atomic E-state index is 13.9. The summed E-state index contributed by atoms with van der Waals surface area (Å²) in [6.07, 6.45) is -21.5. The summed E-state index contributed by atoms with van der Waals surface area (Å²) in [6, 6.07) is -3.91. The SMILES string of the molecule is CCC(C)(OC(F)(F)C(O)(F)C(F)(F)F)C(F)(C(=O)F)C(F)(F)F. The van der Waals surface area contributed by atoms with Crippen molar-refractivity contribution in [3.05, 3.63) is 0 Å². The number of rotatable bonds is 6. The Morgan fingerprint density at radius 2 is 1.29 bits per heavy atom. The number of carbonyl (C=O) groups excluding carboxylic acids is 1. The fourth-order valence-electron chi connectivity index (χ4n) is 1.52. The second-order valence-electron chi connectivity index (χ2n) is 4.75. The number of alkyl halides is 10. The van der Waals surface area contributed by atoms with E-state index in [4.69, 9.17) is 5.11 Å². The average molecular weight is 386 g/mol. The maximum Gasteiger partial charge on any atom is 0.457 e. The van der Waals surface area contributed by atoms with Gasteiger partial charge in [0.1, 0.15) is 5.60 Å². The molecule has 0 rings (SSSR count). The predicted octanol–water partition coefficient (Wildman–Crippen LogP) is 3.75. The first-order chi connectivity index (χ1) is 10.2. The summed E-state index contributed by atoms with van der Waals surface area (Å²) < 4.78 is 143. The Labute approximate surface area is 126 Å². The Kier molecular flexibility index (Phi) is 5.67. The van der Waals surface area contributed by atoms with Gasteiger partial charge >= 0.3 is 36.0 Å². The standard InChI is InChI=1S/C10H9F11O3/c1-3-5(2,6(12,4(11)22)8(14,15)16)24-10(20,21)7(13,23)9(17,18)19/h23H,3H2,1-2H3. The Morgan fingerprint density at radius 1 is 0.917 bits per heavy atom. The van der Waals surface area contributed by atoms with Crippen LogP contribution in [0.2, 0.25) is 0 Å². The number of hydrogen-bond donors (Lipinski definition) is 1. The second kappa shape index (κ2) is 5.97.